The highest BCUT2D eigenvalue weighted by molar-refractivity contribution is 9.10. The quantitative estimate of drug-likeness (QED) is 0.867. The lowest BCUT2D eigenvalue weighted by Gasteiger charge is -2.26. The van der Waals surface area contributed by atoms with E-state index in [9.17, 15) is 4.79 Å². The topological polar surface area (TPSA) is 75.1 Å². The number of rotatable bonds is 5. The van der Waals surface area contributed by atoms with Crippen LogP contribution in [0.2, 0.25) is 0 Å². The van der Waals surface area contributed by atoms with Gasteiger partial charge in [-0.15, -0.1) is 0 Å². The van der Waals surface area contributed by atoms with Crippen LogP contribution in [0.3, 0.4) is 0 Å². The highest BCUT2D eigenvalue weighted by Gasteiger charge is 2.25. The third-order valence-electron chi connectivity index (χ3n) is 3.59. The van der Waals surface area contributed by atoms with Gasteiger partial charge >= 0.3 is 5.97 Å². The van der Waals surface area contributed by atoms with E-state index in [0.29, 0.717) is 12.5 Å². The summed E-state index contributed by atoms with van der Waals surface area (Å²) in [5.74, 6) is 0.578. The van der Waals surface area contributed by atoms with Crippen molar-refractivity contribution in [2.24, 2.45) is 11.8 Å². The van der Waals surface area contributed by atoms with Crippen molar-refractivity contribution in [3.05, 3.63) is 22.7 Å². The first-order chi connectivity index (χ1) is 9.15. The predicted octanol–water partition coefficient (Wildman–Crippen LogP) is 2.22. The van der Waals surface area contributed by atoms with Gasteiger partial charge in [-0.05, 0) is 54.1 Å². The van der Waals surface area contributed by atoms with E-state index < -0.39 is 5.97 Å². The van der Waals surface area contributed by atoms with E-state index in [0.717, 1.165) is 42.5 Å². The van der Waals surface area contributed by atoms with Crippen LogP contribution in [0.5, 0.6) is 0 Å². The van der Waals surface area contributed by atoms with Gasteiger partial charge in [-0.2, -0.15) is 0 Å². The molecule has 0 aromatic carbocycles. The minimum Gasteiger partial charge on any atom is -0.481 e. The first-order valence-corrected chi connectivity index (χ1v) is 7.34. The lowest BCUT2D eigenvalue weighted by atomic mass is 9.82. The second-order valence-electron chi connectivity index (χ2n) is 5.00. The maximum atomic E-state index is 10.9. The number of hydrogen-bond acceptors (Lipinski definition) is 4. The molecule has 0 saturated heterocycles. The molecule has 0 unspecified atom stereocenters. The number of halogens is 1. The highest BCUT2D eigenvalue weighted by atomic mass is 79.9. The summed E-state index contributed by atoms with van der Waals surface area (Å²) in [5.41, 5.74) is 0. The zero-order chi connectivity index (χ0) is 13.7. The van der Waals surface area contributed by atoms with Gasteiger partial charge in [0.15, 0.2) is 0 Å². The van der Waals surface area contributed by atoms with Crippen LogP contribution in [-0.4, -0.2) is 27.6 Å². The van der Waals surface area contributed by atoms with Crippen LogP contribution in [0, 0.1) is 11.8 Å². The molecule has 0 radical (unpaired) electrons. The average Bonchev–Trinajstić information content (AvgIpc) is 2.41. The van der Waals surface area contributed by atoms with Crippen molar-refractivity contribution in [3.8, 4) is 0 Å². The van der Waals surface area contributed by atoms with Crippen LogP contribution in [-0.2, 0) is 11.3 Å². The number of nitrogens with one attached hydrogen (secondary N) is 1. The van der Waals surface area contributed by atoms with E-state index in [4.69, 9.17) is 5.11 Å². The molecule has 1 aromatic heterocycles. The number of hydrogen-bond donors (Lipinski definition) is 2. The summed E-state index contributed by atoms with van der Waals surface area (Å²) >= 11 is 3.30. The highest BCUT2D eigenvalue weighted by Crippen LogP contribution is 2.28. The SMILES string of the molecule is O=C(O)[C@H]1CC[C@H](CNCc2ncc(Br)cn2)CC1. The summed E-state index contributed by atoms with van der Waals surface area (Å²) < 4.78 is 0.878. The van der Waals surface area contributed by atoms with Gasteiger partial charge in [0, 0.05) is 12.4 Å². The van der Waals surface area contributed by atoms with E-state index in [1.165, 1.54) is 0 Å². The van der Waals surface area contributed by atoms with Crippen LogP contribution in [0.15, 0.2) is 16.9 Å². The molecule has 0 bridgehead atoms. The summed E-state index contributed by atoms with van der Waals surface area (Å²) in [6.07, 6.45) is 7.06. The third kappa shape index (κ3) is 4.54. The predicted molar refractivity (Wildman–Crippen MR) is 74.5 cm³/mol. The Morgan fingerprint density at radius 1 is 1.32 bits per heavy atom. The number of carboxylic acids is 1. The molecule has 0 amide bonds. The fourth-order valence-electron chi connectivity index (χ4n) is 2.43. The van der Waals surface area contributed by atoms with Gasteiger partial charge in [-0.1, -0.05) is 0 Å². The molecule has 1 aliphatic carbocycles. The average molecular weight is 328 g/mol. The van der Waals surface area contributed by atoms with Crippen LogP contribution in [0.4, 0.5) is 0 Å². The Morgan fingerprint density at radius 3 is 2.53 bits per heavy atom. The van der Waals surface area contributed by atoms with Crippen molar-refractivity contribution >= 4 is 21.9 Å². The molecule has 0 aliphatic heterocycles. The van der Waals surface area contributed by atoms with Gasteiger partial charge in [-0.3, -0.25) is 4.79 Å². The van der Waals surface area contributed by atoms with Crippen LogP contribution in [0.1, 0.15) is 31.5 Å². The molecule has 104 valence electrons. The molecule has 1 saturated carbocycles. The Bertz CT molecular complexity index is 416. The fourth-order valence-corrected chi connectivity index (χ4v) is 2.64. The van der Waals surface area contributed by atoms with Gasteiger partial charge in [0.25, 0.3) is 0 Å². The van der Waals surface area contributed by atoms with Crippen LogP contribution < -0.4 is 5.32 Å². The van der Waals surface area contributed by atoms with E-state index in [1.54, 1.807) is 12.4 Å². The minimum absolute atomic E-state index is 0.133. The van der Waals surface area contributed by atoms with Crippen molar-refractivity contribution in [1.29, 1.82) is 0 Å². The largest absolute Gasteiger partial charge is 0.481 e. The Morgan fingerprint density at radius 2 is 1.95 bits per heavy atom. The van der Waals surface area contributed by atoms with Gasteiger partial charge in [0.1, 0.15) is 5.82 Å². The molecule has 19 heavy (non-hydrogen) atoms. The molecule has 0 atom stereocenters. The van der Waals surface area contributed by atoms with Crippen LogP contribution in [0.25, 0.3) is 0 Å². The molecular weight excluding hydrogens is 310 g/mol. The van der Waals surface area contributed by atoms with E-state index in [1.807, 2.05) is 0 Å². The Labute approximate surface area is 121 Å². The Hall–Kier alpha value is -1.01. The fraction of sp³-hybridized carbons (Fsp3) is 0.615. The molecule has 5 nitrogen and oxygen atoms in total. The first-order valence-electron chi connectivity index (χ1n) is 6.55. The number of aromatic nitrogens is 2. The molecule has 2 N–H and O–H groups in total. The van der Waals surface area contributed by atoms with Gasteiger partial charge in [0.05, 0.1) is 16.9 Å². The molecule has 1 aromatic rings. The van der Waals surface area contributed by atoms with Crippen LogP contribution >= 0.6 is 15.9 Å². The van der Waals surface area contributed by atoms with Gasteiger partial charge in [0.2, 0.25) is 0 Å². The molecule has 1 aliphatic rings. The summed E-state index contributed by atoms with van der Waals surface area (Å²) in [7, 11) is 0. The summed E-state index contributed by atoms with van der Waals surface area (Å²) in [5, 5.41) is 12.3. The normalized spacial score (nSPS) is 23.2. The van der Waals surface area contributed by atoms with Crippen molar-refractivity contribution in [1.82, 2.24) is 15.3 Å². The zero-order valence-corrected chi connectivity index (χ0v) is 12.3. The van der Waals surface area contributed by atoms with Crippen molar-refractivity contribution in [2.45, 2.75) is 32.2 Å². The van der Waals surface area contributed by atoms with Crippen molar-refractivity contribution in [2.75, 3.05) is 6.54 Å². The van der Waals surface area contributed by atoms with E-state index in [2.05, 4.69) is 31.2 Å². The summed E-state index contributed by atoms with van der Waals surface area (Å²) in [6, 6.07) is 0. The smallest absolute Gasteiger partial charge is 0.306 e. The van der Waals surface area contributed by atoms with Gasteiger partial charge < -0.3 is 10.4 Å². The lowest BCUT2D eigenvalue weighted by Crippen LogP contribution is -2.28. The van der Waals surface area contributed by atoms with E-state index in [-0.39, 0.29) is 5.92 Å². The molecular formula is C13H18BrN3O2. The number of carbonyl (C=O) groups is 1. The first kappa shape index (κ1) is 14.4. The molecule has 0 spiro atoms. The summed E-state index contributed by atoms with van der Waals surface area (Å²) in [4.78, 5) is 19.2. The van der Waals surface area contributed by atoms with Crippen molar-refractivity contribution < 1.29 is 9.90 Å². The number of carboxylic acid groups (broad SMARTS) is 1. The molecule has 1 fully saturated rings. The van der Waals surface area contributed by atoms with Gasteiger partial charge in [-0.25, -0.2) is 9.97 Å². The lowest BCUT2D eigenvalue weighted by molar-refractivity contribution is -0.143. The number of aliphatic carboxylic acids is 1. The van der Waals surface area contributed by atoms with Crippen molar-refractivity contribution in [3.63, 3.8) is 0 Å². The number of nitrogens with zero attached hydrogens (tertiary/aromatic N) is 2. The molecule has 6 heteroatoms. The molecule has 2 rings (SSSR count). The Kier molecular flexibility index (Phi) is 5.27. The second kappa shape index (κ2) is 6.96. The Balaban J connectivity index is 1.67. The maximum Gasteiger partial charge on any atom is 0.306 e. The summed E-state index contributed by atoms with van der Waals surface area (Å²) in [6.45, 7) is 1.57. The standard InChI is InChI=1S/C13H18BrN3O2/c14-11-6-16-12(17-7-11)8-15-5-9-1-3-10(4-2-9)13(18)19/h6-7,9-10,15H,1-5,8H2,(H,18,19)/t9-,10-. The molecule has 1 heterocycles. The monoisotopic (exact) mass is 327 g/mol. The second-order valence-corrected chi connectivity index (χ2v) is 5.92. The van der Waals surface area contributed by atoms with E-state index >= 15 is 0 Å². The zero-order valence-electron chi connectivity index (χ0n) is 10.7. The minimum atomic E-state index is -0.644. The maximum absolute atomic E-state index is 10.9. The third-order valence-corrected chi connectivity index (χ3v) is 4.00.